The highest BCUT2D eigenvalue weighted by molar-refractivity contribution is 5.86. The Hall–Kier alpha value is -2.08. The molecule has 6 nitrogen and oxygen atoms in total. The second kappa shape index (κ2) is 9.74. The summed E-state index contributed by atoms with van der Waals surface area (Å²) in [5.41, 5.74) is 1.96. The van der Waals surface area contributed by atoms with Crippen LogP contribution in [0.2, 0.25) is 0 Å². The van der Waals surface area contributed by atoms with Crippen molar-refractivity contribution in [3.8, 4) is 5.75 Å². The average molecular weight is 379 g/mol. The number of ether oxygens (including phenoxy) is 2. The first-order valence-electron chi connectivity index (χ1n) is 9.35. The summed E-state index contributed by atoms with van der Waals surface area (Å²) in [5, 5.41) is 11.9. The fourth-order valence-corrected chi connectivity index (χ4v) is 2.66. The van der Waals surface area contributed by atoms with Crippen molar-refractivity contribution >= 4 is 11.9 Å². The monoisotopic (exact) mass is 379 g/mol. The van der Waals surface area contributed by atoms with Gasteiger partial charge >= 0.3 is 5.97 Å². The number of aryl methyl sites for hydroxylation is 1. The minimum Gasteiger partial charge on any atom is -0.481 e. The number of amides is 1. The molecular weight excluding hydrogens is 346 g/mol. The van der Waals surface area contributed by atoms with Crippen molar-refractivity contribution in [2.24, 2.45) is 0 Å². The number of aliphatic carboxylic acids is 1. The number of carboxylic acid groups (broad SMARTS) is 1. The van der Waals surface area contributed by atoms with Gasteiger partial charge in [-0.2, -0.15) is 0 Å². The van der Waals surface area contributed by atoms with Crippen LogP contribution in [-0.2, 0) is 14.3 Å². The molecule has 0 spiro atoms. The zero-order valence-electron chi connectivity index (χ0n) is 17.5. The zero-order valence-corrected chi connectivity index (χ0v) is 17.5. The molecule has 1 aromatic rings. The van der Waals surface area contributed by atoms with Crippen LogP contribution < -0.4 is 10.1 Å². The molecule has 1 aromatic carbocycles. The van der Waals surface area contributed by atoms with E-state index in [4.69, 9.17) is 9.47 Å². The first-order chi connectivity index (χ1) is 12.4. The first kappa shape index (κ1) is 23.0. The Kier molecular flexibility index (Phi) is 8.28. The van der Waals surface area contributed by atoms with Crippen LogP contribution in [0.5, 0.6) is 5.75 Å². The van der Waals surface area contributed by atoms with E-state index in [1.165, 1.54) is 5.56 Å². The third-order valence-corrected chi connectivity index (χ3v) is 4.10. The minimum absolute atomic E-state index is 0.188. The number of rotatable bonds is 9. The van der Waals surface area contributed by atoms with Crippen LogP contribution in [0.3, 0.4) is 0 Å². The summed E-state index contributed by atoms with van der Waals surface area (Å²) >= 11 is 0. The van der Waals surface area contributed by atoms with E-state index < -0.39 is 24.0 Å². The average Bonchev–Trinajstić information content (AvgIpc) is 2.52. The van der Waals surface area contributed by atoms with Gasteiger partial charge in [0.25, 0.3) is 5.91 Å². The van der Waals surface area contributed by atoms with Crippen LogP contribution in [0.1, 0.15) is 65.0 Å². The molecule has 0 aromatic heterocycles. The van der Waals surface area contributed by atoms with Gasteiger partial charge < -0.3 is 19.9 Å². The lowest BCUT2D eigenvalue weighted by molar-refractivity contribution is -0.143. The van der Waals surface area contributed by atoms with Crippen molar-refractivity contribution in [2.75, 3.05) is 6.61 Å². The van der Waals surface area contributed by atoms with Gasteiger partial charge in [-0.1, -0.05) is 19.9 Å². The molecule has 0 heterocycles. The normalized spacial score (nSPS) is 13.9. The number of nitrogens with one attached hydrogen (secondary N) is 1. The van der Waals surface area contributed by atoms with Gasteiger partial charge in [-0.3, -0.25) is 4.79 Å². The summed E-state index contributed by atoms with van der Waals surface area (Å²) < 4.78 is 11.2. The topological polar surface area (TPSA) is 84.9 Å². The van der Waals surface area contributed by atoms with Gasteiger partial charge in [0.1, 0.15) is 11.8 Å². The molecule has 152 valence electrons. The third-order valence-electron chi connectivity index (χ3n) is 4.10. The molecule has 6 heteroatoms. The van der Waals surface area contributed by atoms with Crippen molar-refractivity contribution < 1.29 is 24.2 Å². The molecule has 2 N–H and O–H groups in total. The lowest BCUT2D eigenvalue weighted by Crippen LogP contribution is -2.47. The van der Waals surface area contributed by atoms with Gasteiger partial charge in [-0.15, -0.1) is 0 Å². The summed E-state index contributed by atoms with van der Waals surface area (Å²) in [6.07, 6.45) is -0.618. The molecule has 0 aliphatic rings. The Balaban J connectivity index is 2.65. The fourth-order valence-electron chi connectivity index (χ4n) is 2.66. The molecule has 1 amide bonds. The number of hydrogen-bond donors (Lipinski definition) is 2. The van der Waals surface area contributed by atoms with Crippen LogP contribution in [0.25, 0.3) is 0 Å². The van der Waals surface area contributed by atoms with E-state index in [1.807, 2.05) is 45.9 Å². The summed E-state index contributed by atoms with van der Waals surface area (Å²) in [5.74, 6) is -0.567. The predicted octanol–water partition coefficient (Wildman–Crippen LogP) is 3.66. The van der Waals surface area contributed by atoms with Gasteiger partial charge in [-0.05, 0) is 63.8 Å². The quantitative estimate of drug-likeness (QED) is 0.684. The first-order valence-corrected chi connectivity index (χ1v) is 9.35. The van der Waals surface area contributed by atoms with Gasteiger partial charge in [0.05, 0.1) is 5.60 Å². The van der Waals surface area contributed by atoms with E-state index in [0.29, 0.717) is 11.7 Å². The van der Waals surface area contributed by atoms with Gasteiger partial charge in [0, 0.05) is 13.0 Å². The van der Waals surface area contributed by atoms with Crippen molar-refractivity contribution in [3.63, 3.8) is 0 Å². The molecule has 1 rings (SSSR count). The lowest BCUT2D eigenvalue weighted by Gasteiger charge is -2.22. The molecule has 0 aliphatic carbocycles. The van der Waals surface area contributed by atoms with Gasteiger partial charge in [0.2, 0.25) is 0 Å². The minimum atomic E-state index is -1.09. The molecule has 0 saturated carbocycles. The number of hydrogen-bond acceptors (Lipinski definition) is 4. The maximum atomic E-state index is 12.3. The van der Waals surface area contributed by atoms with E-state index in [-0.39, 0.29) is 18.6 Å². The second-order valence-electron chi connectivity index (χ2n) is 8.08. The third kappa shape index (κ3) is 7.99. The maximum absolute atomic E-state index is 12.3. The Labute approximate surface area is 162 Å². The molecule has 2 atom stereocenters. The van der Waals surface area contributed by atoms with E-state index in [1.54, 1.807) is 6.92 Å². The predicted molar refractivity (Wildman–Crippen MR) is 105 cm³/mol. The number of benzene rings is 1. The Morgan fingerprint density at radius 2 is 1.81 bits per heavy atom. The SMILES string of the molecule is Cc1cc(OC(C)C(=O)NC(CCOC(C)(C)C)C(=O)O)ccc1C(C)C. The molecule has 0 aliphatic heterocycles. The van der Waals surface area contributed by atoms with E-state index in [9.17, 15) is 14.7 Å². The van der Waals surface area contributed by atoms with Crippen LogP contribution >= 0.6 is 0 Å². The maximum Gasteiger partial charge on any atom is 0.326 e. The molecule has 27 heavy (non-hydrogen) atoms. The Bertz CT molecular complexity index is 648. The number of carboxylic acids is 1. The van der Waals surface area contributed by atoms with Crippen LogP contribution in [-0.4, -0.2) is 41.3 Å². The largest absolute Gasteiger partial charge is 0.481 e. The van der Waals surface area contributed by atoms with Crippen LogP contribution in [0, 0.1) is 6.92 Å². The van der Waals surface area contributed by atoms with E-state index in [0.717, 1.165) is 5.56 Å². The highest BCUT2D eigenvalue weighted by Gasteiger charge is 2.24. The molecular formula is C21H33NO5. The summed E-state index contributed by atoms with van der Waals surface area (Å²) in [6, 6.07) is 4.70. The summed E-state index contributed by atoms with van der Waals surface area (Å²) in [6.45, 7) is 13.8. The Morgan fingerprint density at radius 3 is 2.30 bits per heavy atom. The van der Waals surface area contributed by atoms with Gasteiger partial charge in [0.15, 0.2) is 6.10 Å². The smallest absolute Gasteiger partial charge is 0.326 e. The molecule has 0 bridgehead atoms. The van der Waals surface area contributed by atoms with Gasteiger partial charge in [-0.25, -0.2) is 4.79 Å². The summed E-state index contributed by atoms with van der Waals surface area (Å²) in [7, 11) is 0. The highest BCUT2D eigenvalue weighted by Crippen LogP contribution is 2.24. The molecule has 0 fully saturated rings. The van der Waals surface area contributed by atoms with Crippen molar-refractivity contribution in [1.29, 1.82) is 0 Å². The van der Waals surface area contributed by atoms with Crippen molar-refractivity contribution in [3.05, 3.63) is 29.3 Å². The summed E-state index contributed by atoms with van der Waals surface area (Å²) in [4.78, 5) is 23.7. The fraction of sp³-hybridized carbons (Fsp3) is 0.619. The Morgan fingerprint density at radius 1 is 1.19 bits per heavy atom. The molecule has 2 unspecified atom stereocenters. The van der Waals surface area contributed by atoms with Crippen molar-refractivity contribution in [2.45, 2.75) is 78.6 Å². The van der Waals surface area contributed by atoms with E-state index in [2.05, 4.69) is 19.2 Å². The molecule has 0 radical (unpaired) electrons. The van der Waals surface area contributed by atoms with Crippen LogP contribution in [0.15, 0.2) is 18.2 Å². The zero-order chi connectivity index (χ0) is 20.8. The highest BCUT2D eigenvalue weighted by atomic mass is 16.5. The second-order valence-corrected chi connectivity index (χ2v) is 8.08. The lowest BCUT2D eigenvalue weighted by atomic mass is 9.98. The number of carbonyl (C=O) groups is 2. The van der Waals surface area contributed by atoms with Crippen molar-refractivity contribution in [1.82, 2.24) is 5.32 Å². The molecule has 0 saturated heterocycles. The van der Waals surface area contributed by atoms with E-state index >= 15 is 0 Å². The standard InChI is InChI=1S/C21H33NO5/c1-13(2)17-9-8-16(12-14(17)3)27-15(4)19(23)22-18(20(24)25)10-11-26-21(5,6)7/h8-9,12-13,15,18H,10-11H2,1-7H3,(H,22,23)(H,24,25). The van der Waals surface area contributed by atoms with Crippen LogP contribution in [0.4, 0.5) is 0 Å². The number of carbonyl (C=O) groups excluding carboxylic acids is 1.